The summed E-state index contributed by atoms with van der Waals surface area (Å²) in [7, 11) is 0. The lowest BCUT2D eigenvalue weighted by Gasteiger charge is -2.39. The molecule has 35 heavy (non-hydrogen) atoms. The number of aryl methyl sites for hydroxylation is 1. The normalized spacial score (nSPS) is 15.7. The fourth-order valence-corrected chi connectivity index (χ4v) is 5.00. The van der Waals surface area contributed by atoms with Crippen LogP contribution in [0.25, 0.3) is 0 Å². The second-order valence-electron chi connectivity index (χ2n) is 10.7. The minimum absolute atomic E-state index is 0.00309. The number of nitrogens with zero attached hydrogens (tertiary/aromatic N) is 3. The Labute approximate surface area is 211 Å². The smallest absolute Gasteiger partial charge is 0.194 e. The van der Waals surface area contributed by atoms with Crippen molar-refractivity contribution < 1.29 is 4.42 Å². The molecule has 188 valence electrons. The zero-order valence-electron chi connectivity index (χ0n) is 22.0. The molecule has 0 atom stereocenters. The number of hydrogen-bond donors (Lipinski definition) is 1. The van der Waals surface area contributed by atoms with Crippen LogP contribution >= 0.6 is 0 Å². The molecule has 0 unspecified atom stereocenters. The quantitative estimate of drug-likeness (QED) is 0.398. The standard InChI is InChI=1S/C30H42N4O/c1-5-12-27-32-29(30(2,3)4)26(35-27)23-31-17-18-33-19-21-34(22-20-33)28(24-13-8-6-9-14-24)25-15-10-7-11-16-25/h6-11,13-16,28,31H,5,12,17-23H2,1-4H3. The third-order valence-corrected chi connectivity index (χ3v) is 6.81. The molecule has 1 fully saturated rings. The van der Waals surface area contributed by atoms with Crippen LogP contribution in [0.15, 0.2) is 65.1 Å². The minimum atomic E-state index is -0.00309. The van der Waals surface area contributed by atoms with Gasteiger partial charge in [0.15, 0.2) is 5.89 Å². The van der Waals surface area contributed by atoms with Crippen LogP contribution < -0.4 is 5.32 Å². The Hall–Kier alpha value is -2.47. The van der Waals surface area contributed by atoms with Crippen molar-refractivity contribution in [1.29, 1.82) is 0 Å². The van der Waals surface area contributed by atoms with Gasteiger partial charge in [-0.3, -0.25) is 9.80 Å². The van der Waals surface area contributed by atoms with Crippen molar-refractivity contribution in [2.75, 3.05) is 39.3 Å². The molecular weight excluding hydrogens is 432 g/mol. The lowest BCUT2D eigenvalue weighted by molar-refractivity contribution is 0.110. The van der Waals surface area contributed by atoms with Gasteiger partial charge in [-0.15, -0.1) is 0 Å². The van der Waals surface area contributed by atoms with E-state index >= 15 is 0 Å². The maximum Gasteiger partial charge on any atom is 0.194 e. The van der Waals surface area contributed by atoms with Gasteiger partial charge < -0.3 is 9.73 Å². The Balaban J connectivity index is 1.29. The molecule has 1 saturated heterocycles. The molecule has 1 N–H and O–H groups in total. The predicted molar refractivity (Wildman–Crippen MR) is 144 cm³/mol. The molecule has 0 amide bonds. The first-order valence-electron chi connectivity index (χ1n) is 13.2. The van der Waals surface area contributed by atoms with E-state index in [1.54, 1.807) is 0 Å². The average Bonchev–Trinajstić information content (AvgIpc) is 3.28. The molecule has 5 heteroatoms. The summed E-state index contributed by atoms with van der Waals surface area (Å²) >= 11 is 0. The van der Waals surface area contributed by atoms with E-state index in [0.717, 1.165) is 76.0 Å². The third kappa shape index (κ3) is 6.81. The van der Waals surface area contributed by atoms with E-state index in [9.17, 15) is 0 Å². The van der Waals surface area contributed by atoms with Crippen molar-refractivity contribution in [2.24, 2.45) is 0 Å². The molecule has 0 bridgehead atoms. The minimum Gasteiger partial charge on any atom is -0.444 e. The fourth-order valence-electron chi connectivity index (χ4n) is 5.00. The van der Waals surface area contributed by atoms with Gasteiger partial charge in [-0.05, 0) is 17.5 Å². The Morgan fingerprint density at radius 3 is 2.06 bits per heavy atom. The number of oxazole rings is 1. The van der Waals surface area contributed by atoms with Crippen LogP contribution in [-0.2, 0) is 18.4 Å². The van der Waals surface area contributed by atoms with Crippen LogP contribution in [0.3, 0.4) is 0 Å². The second-order valence-corrected chi connectivity index (χ2v) is 10.7. The van der Waals surface area contributed by atoms with E-state index in [1.807, 2.05) is 0 Å². The molecule has 5 nitrogen and oxygen atoms in total. The fraction of sp³-hybridized carbons (Fsp3) is 0.500. The molecule has 0 spiro atoms. The van der Waals surface area contributed by atoms with Gasteiger partial charge in [-0.2, -0.15) is 0 Å². The highest BCUT2D eigenvalue weighted by Crippen LogP contribution is 2.29. The zero-order chi connectivity index (χ0) is 24.7. The molecule has 0 aliphatic carbocycles. The van der Waals surface area contributed by atoms with E-state index in [0.29, 0.717) is 6.04 Å². The Morgan fingerprint density at radius 1 is 0.914 bits per heavy atom. The van der Waals surface area contributed by atoms with E-state index in [2.05, 4.69) is 103 Å². The number of piperazine rings is 1. The van der Waals surface area contributed by atoms with Gasteiger partial charge in [-0.25, -0.2) is 4.98 Å². The van der Waals surface area contributed by atoms with E-state index in [-0.39, 0.29) is 5.41 Å². The van der Waals surface area contributed by atoms with Crippen LogP contribution in [0.1, 0.15) is 68.6 Å². The van der Waals surface area contributed by atoms with Crippen molar-refractivity contribution >= 4 is 0 Å². The van der Waals surface area contributed by atoms with Crippen molar-refractivity contribution in [3.05, 3.63) is 89.1 Å². The summed E-state index contributed by atoms with van der Waals surface area (Å²) in [5.74, 6) is 1.87. The molecular formula is C30H42N4O. The predicted octanol–water partition coefficient (Wildman–Crippen LogP) is 5.42. The Bertz CT molecular complexity index is 978. The van der Waals surface area contributed by atoms with E-state index < -0.39 is 0 Å². The summed E-state index contributed by atoms with van der Waals surface area (Å²) in [6, 6.07) is 22.2. The third-order valence-electron chi connectivity index (χ3n) is 6.81. The number of benzene rings is 2. The Morgan fingerprint density at radius 2 is 1.51 bits per heavy atom. The largest absolute Gasteiger partial charge is 0.444 e. The van der Waals surface area contributed by atoms with Crippen LogP contribution in [0.4, 0.5) is 0 Å². The summed E-state index contributed by atoms with van der Waals surface area (Å²) in [4.78, 5) is 10.00. The summed E-state index contributed by atoms with van der Waals surface area (Å²) < 4.78 is 6.10. The highest BCUT2D eigenvalue weighted by molar-refractivity contribution is 5.32. The van der Waals surface area contributed by atoms with Crippen molar-refractivity contribution in [3.63, 3.8) is 0 Å². The van der Waals surface area contributed by atoms with Gasteiger partial charge in [-0.1, -0.05) is 88.4 Å². The Kier molecular flexibility index (Phi) is 8.77. The molecule has 1 aliphatic heterocycles. The van der Waals surface area contributed by atoms with Crippen LogP contribution in [0.5, 0.6) is 0 Å². The van der Waals surface area contributed by atoms with Crippen molar-refractivity contribution in [2.45, 2.75) is 58.5 Å². The summed E-state index contributed by atoms with van der Waals surface area (Å²) in [5, 5.41) is 3.61. The van der Waals surface area contributed by atoms with E-state index in [4.69, 9.17) is 9.40 Å². The zero-order valence-corrected chi connectivity index (χ0v) is 22.0. The first-order chi connectivity index (χ1) is 17.0. The maximum atomic E-state index is 6.10. The first kappa shape index (κ1) is 25.6. The summed E-state index contributed by atoms with van der Waals surface area (Å²) in [6.45, 7) is 15.9. The van der Waals surface area contributed by atoms with Gasteiger partial charge in [0.25, 0.3) is 0 Å². The molecule has 2 aromatic carbocycles. The molecule has 4 rings (SSSR count). The molecule has 2 heterocycles. The van der Waals surface area contributed by atoms with Crippen molar-refractivity contribution in [3.8, 4) is 0 Å². The SMILES string of the molecule is CCCc1nc(C(C)(C)C)c(CNCCN2CCN(C(c3ccccc3)c3ccccc3)CC2)o1. The topological polar surface area (TPSA) is 44.5 Å². The van der Waals surface area contributed by atoms with Crippen molar-refractivity contribution in [1.82, 2.24) is 20.1 Å². The number of nitrogens with one attached hydrogen (secondary N) is 1. The first-order valence-corrected chi connectivity index (χ1v) is 13.2. The number of aromatic nitrogens is 1. The van der Waals surface area contributed by atoms with Gasteiger partial charge in [0.05, 0.1) is 18.3 Å². The summed E-state index contributed by atoms with van der Waals surface area (Å²) in [6.07, 6.45) is 1.96. The average molecular weight is 475 g/mol. The monoisotopic (exact) mass is 474 g/mol. The van der Waals surface area contributed by atoms with Crippen LogP contribution in [0.2, 0.25) is 0 Å². The van der Waals surface area contributed by atoms with Gasteiger partial charge in [0, 0.05) is 51.1 Å². The van der Waals surface area contributed by atoms with Gasteiger partial charge in [0.1, 0.15) is 5.76 Å². The van der Waals surface area contributed by atoms with Crippen LogP contribution in [0, 0.1) is 0 Å². The van der Waals surface area contributed by atoms with Gasteiger partial charge >= 0.3 is 0 Å². The molecule has 1 aromatic heterocycles. The van der Waals surface area contributed by atoms with E-state index in [1.165, 1.54) is 11.1 Å². The highest BCUT2D eigenvalue weighted by atomic mass is 16.4. The highest BCUT2D eigenvalue weighted by Gasteiger charge is 2.27. The van der Waals surface area contributed by atoms with Crippen LogP contribution in [-0.4, -0.2) is 54.1 Å². The maximum absolute atomic E-state index is 6.10. The number of rotatable bonds is 10. The summed E-state index contributed by atoms with van der Waals surface area (Å²) in [5.41, 5.74) is 3.84. The second kappa shape index (κ2) is 12.0. The lowest BCUT2D eigenvalue weighted by Crippen LogP contribution is -2.49. The number of hydrogen-bond acceptors (Lipinski definition) is 5. The van der Waals surface area contributed by atoms with Gasteiger partial charge in [0.2, 0.25) is 0 Å². The molecule has 3 aromatic rings. The molecule has 0 radical (unpaired) electrons. The molecule has 0 saturated carbocycles. The lowest BCUT2D eigenvalue weighted by atomic mass is 9.91. The molecule has 1 aliphatic rings.